The van der Waals surface area contributed by atoms with Crippen molar-refractivity contribution in [2.24, 2.45) is 0 Å². The predicted octanol–water partition coefficient (Wildman–Crippen LogP) is 3.25. The van der Waals surface area contributed by atoms with Gasteiger partial charge in [-0.1, -0.05) is 0 Å². The number of aromatic nitrogens is 3. The van der Waals surface area contributed by atoms with E-state index in [2.05, 4.69) is 20.2 Å². The monoisotopic (exact) mass is 427 g/mol. The van der Waals surface area contributed by atoms with Gasteiger partial charge in [0.15, 0.2) is 11.9 Å². The Morgan fingerprint density at radius 2 is 1.94 bits per heavy atom. The number of methoxy groups -OCH3 is 1. The Labute approximate surface area is 180 Å². The van der Waals surface area contributed by atoms with Crippen LogP contribution in [0.25, 0.3) is 16.9 Å². The first-order valence-electron chi connectivity index (χ1n) is 9.99. The molecule has 3 aromatic rings. The van der Waals surface area contributed by atoms with E-state index in [-0.39, 0.29) is 5.91 Å². The van der Waals surface area contributed by atoms with Crippen LogP contribution in [0.15, 0.2) is 36.5 Å². The van der Waals surface area contributed by atoms with Crippen molar-refractivity contribution < 1.29 is 18.7 Å². The number of carbonyl (C=O) groups excluding carboxylic acids is 2. The maximum atomic E-state index is 12.3. The van der Waals surface area contributed by atoms with E-state index in [0.717, 1.165) is 37.4 Å². The predicted molar refractivity (Wildman–Crippen MR) is 117 cm³/mol. The van der Waals surface area contributed by atoms with Crippen LogP contribution in [0.4, 0.5) is 10.3 Å². The minimum atomic E-state index is -0.522. The maximum Gasteiger partial charge on any atom is 0.223 e. The van der Waals surface area contributed by atoms with Crippen LogP contribution >= 0.6 is 0 Å². The summed E-state index contributed by atoms with van der Waals surface area (Å²) in [5.74, 6) is 0.814. The van der Waals surface area contributed by atoms with Gasteiger partial charge in [0, 0.05) is 31.8 Å². The molecule has 9 heteroatoms. The number of ether oxygens (including phenoxy) is 1. The van der Waals surface area contributed by atoms with Gasteiger partial charge in [-0.3, -0.25) is 19.5 Å². The average Bonchev–Trinajstić information content (AvgIpc) is 3.12. The van der Waals surface area contributed by atoms with Crippen molar-refractivity contribution in [3.05, 3.63) is 42.1 Å². The lowest BCUT2D eigenvalue weighted by atomic mass is 10.1. The zero-order chi connectivity index (χ0) is 22.4. The number of carbonyl (C=O) groups is 2. The number of imidazole rings is 1. The minimum absolute atomic E-state index is 0.245. The molecule has 8 nitrogen and oxygen atoms in total. The van der Waals surface area contributed by atoms with Gasteiger partial charge in [0.25, 0.3) is 0 Å². The van der Waals surface area contributed by atoms with Crippen LogP contribution in [-0.4, -0.2) is 65.0 Å². The van der Waals surface area contributed by atoms with E-state index in [1.54, 1.807) is 29.9 Å². The first kappa shape index (κ1) is 22.4. The summed E-state index contributed by atoms with van der Waals surface area (Å²) in [6.45, 7) is 3.27. The molecule has 1 saturated heterocycles. The highest BCUT2D eigenvalue weighted by Crippen LogP contribution is 2.25. The number of nitrogens with zero attached hydrogens (tertiary/aromatic N) is 4. The second-order valence-electron chi connectivity index (χ2n) is 7.36. The number of fused-ring (bicyclic) bond motifs is 1. The van der Waals surface area contributed by atoms with Crippen LogP contribution in [0.5, 0.6) is 5.75 Å². The maximum absolute atomic E-state index is 12.3. The fourth-order valence-corrected chi connectivity index (χ4v) is 3.24. The molecule has 3 heterocycles. The van der Waals surface area contributed by atoms with Gasteiger partial charge in [0.05, 0.1) is 12.8 Å². The second kappa shape index (κ2) is 10.1. The zero-order valence-corrected chi connectivity index (χ0v) is 17.8. The van der Waals surface area contributed by atoms with Crippen LogP contribution in [0, 0.1) is 0 Å². The summed E-state index contributed by atoms with van der Waals surface area (Å²) in [7, 11) is 3.62. The molecule has 1 N–H and O–H groups in total. The van der Waals surface area contributed by atoms with Gasteiger partial charge >= 0.3 is 0 Å². The van der Waals surface area contributed by atoms with Gasteiger partial charge in [0.2, 0.25) is 11.9 Å². The third kappa shape index (κ3) is 5.64. The second-order valence-corrected chi connectivity index (χ2v) is 7.36. The molecule has 1 aliphatic heterocycles. The normalized spacial score (nSPS) is 14.6. The molecular weight excluding hydrogens is 401 g/mol. The van der Waals surface area contributed by atoms with E-state index in [4.69, 9.17) is 4.74 Å². The smallest absolute Gasteiger partial charge is 0.223 e. The molecule has 1 fully saturated rings. The van der Waals surface area contributed by atoms with Crippen LogP contribution in [0.1, 0.15) is 30.1 Å². The van der Waals surface area contributed by atoms with E-state index in [9.17, 15) is 14.0 Å². The molecule has 1 aromatic carbocycles. The number of aldehydes is 1. The molecule has 31 heavy (non-hydrogen) atoms. The topological polar surface area (TPSA) is 89.4 Å². The van der Waals surface area contributed by atoms with Crippen molar-refractivity contribution in [2.45, 2.75) is 25.9 Å². The van der Waals surface area contributed by atoms with Crippen LogP contribution < -0.4 is 10.1 Å². The zero-order valence-electron chi connectivity index (χ0n) is 17.8. The lowest BCUT2D eigenvalue weighted by Gasteiger charge is -2.23. The van der Waals surface area contributed by atoms with Crippen molar-refractivity contribution in [1.29, 1.82) is 0 Å². The summed E-state index contributed by atoms with van der Waals surface area (Å²) in [4.78, 5) is 33.1. The van der Waals surface area contributed by atoms with Crippen LogP contribution in [-0.2, 0) is 4.79 Å². The number of benzene rings is 1. The van der Waals surface area contributed by atoms with Crippen LogP contribution in [0.2, 0.25) is 0 Å². The van der Waals surface area contributed by atoms with E-state index >= 15 is 0 Å². The first-order chi connectivity index (χ1) is 14.9. The number of hydrogen-bond donors (Lipinski definition) is 1. The number of amides is 1. The molecule has 4 rings (SSSR count). The van der Waals surface area contributed by atoms with E-state index < -0.39 is 6.17 Å². The number of piperidine rings is 1. The Kier molecular flexibility index (Phi) is 7.30. The highest BCUT2D eigenvalue weighted by molar-refractivity contribution is 5.91. The van der Waals surface area contributed by atoms with Crippen molar-refractivity contribution in [1.82, 2.24) is 19.4 Å². The Balaban J connectivity index is 0.000000287. The summed E-state index contributed by atoms with van der Waals surface area (Å²) in [6.07, 6.45) is 3.12. The summed E-state index contributed by atoms with van der Waals surface area (Å²) >= 11 is 0. The molecule has 0 radical (unpaired) electrons. The summed E-state index contributed by atoms with van der Waals surface area (Å²) in [6, 6.07) is 8.90. The highest BCUT2D eigenvalue weighted by Gasteiger charge is 2.16. The Hall–Kier alpha value is -3.33. The van der Waals surface area contributed by atoms with Gasteiger partial charge < -0.3 is 9.64 Å². The van der Waals surface area contributed by atoms with Gasteiger partial charge in [-0.15, -0.1) is 0 Å². The molecule has 164 valence electrons. The fraction of sp³-hybridized carbons (Fsp3) is 0.364. The van der Waals surface area contributed by atoms with Gasteiger partial charge in [-0.2, -0.15) is 0 Å². The summed E-state index contributed by atoms with van der Waals surface area (Å²) in [5, 5.41) is 2.68. The molecule has 0 atom stereocenters. The van der Waals surface area contributed by atoms with E-state index in [1.807, 2.05) is 19.2 Å². The largest absolute Gasteiger partial charge is 0.497 e. The number of pyridine rings is 1. The van der Waals surface area contributed by atoms with Crippen molar-refractivity contribution in [3.8, 4) is 11.4 Å². The first-order valence-corrected chi connectivity index (χ1v) is 9.99. The molecule has 0 bridgehead atoms. The van der Waals surface area contributed by atoms with Gasteiger partial charge in [-0.05, 0) is 50.2 Å². The number of alkyl halides is 1. The van der Waals surface area contributed by atoms with E-state index in [1.165, 1.54) is 13.1 Å². The molecule has 1 aliphatic rings. The fourth-order valence-electron chi connectivity index (χ4n) is 3.24. The SMILES string of the molecule is CN1CCC(F)CC1.COc1ccc(-n2c(NC(C)=O)nc3cc(C=O)cnc32)cc1. The minimum Gasteiger partial charge on any atom is -0.497 e. The molecule has 0 aliphatic carbocycles. The Morgan fingerprint density at radius 1 is 1.26 bits per heavy atom. The van der Waals surface area contributed by atoms with E-state index in [0.29, 0.717) is 29.0 Å². The molecule has 1 amide bonds. The third-order valence-electron chi connectivity index (χ3n) is 4.92. The molecular formula is C22H26FN5O3. The summed E-state index contributed by atoms with van der Waals surface area (Å²) in [5.41, 5.74) is 2.26. The number of rotatable bonds is 4. The van der Waals surface area contributed by atoms with Crippen LogP contribution in [0.3, 0.4) is 0 Å². The third-order valence-corrected chi connectivity index (χ3v) is 4.92. The lowest BCUT2D eigenvalue weighted by molar-refractivity contribution is -0.114. The van der Waals surface area contributed by atoms with Gasteiger partial charge in [0.1, 0.15) is 17.4 Å². The number of nitrogens with one attached hydrogen (secondary N) is 1. The van der Waals surface area contributed by atoms with Gasteiger partial charge in [-0.25, -0.2) is 14.4 Å². The lowest BCUT2D eigenvalue weighted by Crippen LogP contribution is -2.30. The molecule has 0 spiro atoms. The molecule has 2 aromatic heterocycles. The molecule has 0 saturated carbocycles. The Morgan fingerprint density at radius 3 is 2.48 bits per heavy atom. The Bertz CT molecular complexity index is 1030. The number of hydrogen-bond acceptors (Lipinski definition) is 6. The number of anilines is 1. The molecule has 0 unspecified atom stereocenters. The standard InChI is InChI=1S/C16H14N4O3.C6H12FN/c1-10(22)18-16-19-14-7-11(9-21)8-17-15(14)20(16)12-3-5-13(23-2)6-4-12;1-8-4-2-6(7)3-5-8/h3-9H,1-2H3,(H,18,19,22);6H,2-5H2,1H3. The van der Waals surface area contributed by atoms with Crippen molar-refractivity contribution in [3.63, 3.8) is 0 Å². The highest BCUT2D eigenvalue weighted by atomic mass is 19.1. The number of likely N-dealkylation sites (tertiary alicyclic amines) is 1. The quantitative estimate of drug-likeness (QED) is 0.643. The van der Waals surface area contributed by atoms with Crippen molar-refractivity contribution in [2.75, 3.05) is 32.6 Å². The average molecular weight is 427 g/mol. The number of halogens is 1. The van der Waals surface area contributed by atoms with Crippen molar-refractivity contribution >= 4 is 29.3 Å². The summed E-state index contributed by atoms with van der Waals surface area (Å²) < 4.78 is 19.2.